The Morgan fingerprint density at radius 2 is 1.92 bits per heavy atom. The zero-order valence-electron chi connectivity index (χ0n) is 13.4. The molecule has 0 unspecified atom stereocenters. The highest BCUT2D eigenvalue weighted by molar-refractivity contribution is 7.92. The van der Waals surface area contributed by atoms with Crippen molar-refractivity contribution in [3.05, 3.63) is 47.1 Å². The maximum absolute atomic E-state index is 12.4. The number of sulfonamides is 1. The standard InChI is InChI=1S/C17H20ClN3O2S/c1-12-10-15(7-8-16(12)18)24(22,23)21-14-6-9-17(19-11-14)20-13-4-2-3-5-13/h6-11,13,21H,2-5H2,1H3,(H,19,20). The summed E-state index contributed by atoms with van der Waals surface area (Å²) in [5.41, 5.74) is 1.15. The van der Waals surface area contributed by atoms with Crippen molar-refractivity contribution >= 4 is 33.1 Å². The Hall–Kier alpha value is -1.79. The van der Waals surface area contributed by atoms with E-state index in [0.717, 1.165) is 18.7 Å². The topological polar surface area (TPSA) is 71.1 Å². The van der Waals surface area contributed by atoms with Gasteiger partial charge in [-0.3, -0.25) is 4.72 Å². The summed E-state index contributed by atoms with van der Waals surface area (Å²) in [4.78, 5) is 4.47. The zero-order chi connectivity index (χ0) is 17.2. The lowest BCUT2D eigenvalue weighted by Crippen LogP contribution is -2.16. The van der Waals surface area contributed by atoms with Crippen LogP contribution in [0.4, 0.5) is 11.5 Å². The molecule has 7 heteroatoms. The minimum absolute atomic E-state index is 0.178. The van der Waals surface area contributed by atoms with Gasteiger partial charge >= 0.3 is 0 Å². The van der Waals surface area contributed by atoms with Crippen LogP contribution in [0.1, 0.15) is 31.2 Å². The van der Waals surface area contributed by atoms with Crippen LogP contribution in [0, 0.1) is 6.92 Å². The molecule has 0 atom stereocenters. The van der Waals surface area contributed by atoms with E-state index in [4.69, 9.17) is 11.6 Å². The molecule has 3 rings (SSSR count). The van der Waals surface area contributed by atoms with E-state index in [1.807, 2.05) is 0 Å². The fourth-order valence-corrected chi connectivity index (χ4v) is 4.06. The van der Waals surface area contributed by atoms with Gasteiger partial charge in [0.2, 0.25) is 0 Å². The van der Waals surface area contributed by atoms with Crippen molar-refractivity contribution < 1.29 is 8.42 Å². The maximum atomic E-state index is 12.4. The largest absolute Gasteiger partial charge is 0.367 e. The first-order valence-corrected chi connectivity index (χ1v) is 9.82. The van der Waals surface area contributed by atoms with Gasteiger partial charge in [-0.2, -0.15) is 0 Å². The molecule has 0 spiro atoms. The number of benzene rings is 1. The molecule has 1 saturated carbocycles. The number of hydrogen-bond acceptors (Lipinski definition) is 4. The molecule has 0 radical (unpaired) electrons. The molecular weight excluding hydrogens is 346 g/mol. The third kappa shape index (κ3) is 3.99. The molecule has 24 heavy (non-hydrogen) atoms. The van der Waals surface area contributed by atoms with E-state index in [2.05, 4.69) is 15.0 Å². The quantitative estimate of drug-likeness (QED) is 0.833. The van der Waals surface area contributed by atoms with Gasteiger partial charge in [0, 0.05) is 11.1 Å². The van der Waals surface area contributed by atoms with E-state index in [1.165, 1.54) is 25.1 Å². The molecule has 1 heterocycles. The van der Waals surface area contributed by atoms with E-state index in [0.29, 0.717) is 22.3 Å². The predicted octanol–water partition coefficient (Wildman–Crippen LogP) is 4.20. The fourth-order valence-electron chi connectivity index (χ4n) is 2.82. The molecule has 0 aliphatic heterocycles. The summed E-state index contributed by atoms with van der Waals surface area (Å²) in [5.74, 6) is 0.771. The Bertz CT molecular complexity index is 816. The maximum Gasteiger partial charge on any atom is 0.261 e. The molecule has 1 fully saturated rings. The molecule has 1 aromatic carbocycles. The Kier molecular flexibility index (Phi) is 4.96. The molecule has 1 aromatic heterocycles. The molecule has 0 amide bonds. The lowest BCUT2D eigenvalue weighted by molar-refractivity contribution is 0.601. The number of nitrogens with one attached hydrogen (secondary N) is 2. The third-order valence-corrected chi connectivity index (χ3v) is 5.97. The van der Waals surface area contributed by atoms with Crippen molar-refractivity contribution in [2.45, 2.75) is 43.5 Å². The van der Waals surface area contributed by atoms with E-state index in [9.17, 15) is 8.42 Å². The molecular formula is C17H20ClN3O2S. The number of anilines is 2. The molecule has 1 aliphatic rings. The van der Waals surface area contributed by atoms with Gasteiger partial charge < -0.3 is 5.32 Å². The Labute approximate surface area is 147 Å². The smallest absolute Gasteiger partial charge is 0.261 e. The van der Waals surface area contributed by atoms with Crippen molar-refractivity contribution in [2.24, 2.45) is 0 Å². The molecule has 0 saturated heterocycles. The fraction of sp³-hybridized carbons (Fsp3) is 0.353. The second-order valence-corrected chi connectivity index (χ2v) is 8.16. The van der Waals surface area contributed by atoms with Gasteiger partial charge in [0.25, 0.3) is 10.0 Å². The summed E-state index contributed by atoms with van der Waals surface area (Å²) in [7, 11) is -3.66. The van der Waals surface area contributed by atoms with Crippen molar-refractivity contribution in [1.82, 2.24) is 4.98 Å². The number of nitrogens with zero attached hydrogens (tertiary/aromatic N) is 1. The van der Waals surface area contributed by atoms with Crippen molar-refractivity contribution in [2.75, 3.05) is 10.0 Å². The average Bonchev–Trinajstić information content (AvgIpc) is 3.04. The lowest BCUT2D eigenvalue weighted by atomic mass is 10.2. The monoisotopic (exact) mass is 365 g/mol. The van der Waals surface area contributed by atoms with Crippen LogP contribution in [0.2, 0.25) is 5.02 Å². The number of aromatic nitrogens is 1. The highest BCUT2D eigenvalue weighted by atomic mass is 35.5. The van der Waals surface area contributed by atoms with Gasteiger partial charge in [-0.1, -0.05) is 24.4 Å². The molecule has 2 N–H and O–H groups in total. The van der Waals surface area contributed by atoms with Crippen molar-refractivity contribution in [3.8, 4) is 0 Å². The highest BCUT2D eigenvalue weighted by Crippen LogP contribution is 2.23. The van der Waals surface area contributed by atoms with Gasteiger partial charge in [-0.25, -0.2) is 13.4 Å². The lowest BCUT2D eigenvalue weighted by Gasteiger charge is -2.13. The van der Waals surface area contributed by atoms with Crippen molar-refractivity contribution in [3.63, 3.8) is 0 Å². The molecule has 2 aromatic rings. The number of hydrogen-bond donors (Lipinski definition) is 2. The second-order valence-electron chi connectivity index (χ2n) is 6.07. The number of aryl methyl sites for hydroxylation is 1. The summed E-state index contributed by atoms with van der Waals surface area (Å²) in [5, 5.41) is 3.91. The number of halogens is 1. The first-order valence-electron chi connectivity index (χ1n) is 7.95. The summed E-state index contributed by atoms with van der Waals surface area (Å²) in [6.45, 7) is 1.77. The van der Waals surface area contributed by atoms with Gasteiger partial charge in [0.1, 0.15) is 5.82 Å². The molecule has 128 valence electrons. The van der Waals surface area contributed by atoms with E-state index in [1.54, 1.807) is 31.2 Å². The van der Waals surface area contributed by atoms with Gasteiger partial charge in [0.05, 0.1) is 16.8 Å². The van der Waals surface area contributed by atoms with Gasteiger partial charge in [-0.15, -0.1) is 0 Å². The summed E-state index contributed by atoms with van der Waals surface area (Å²) in [6, 6.07) is 8.60. The molecule has 5 nitrogen and oxygen atoms in total. The number of rotatable bonds is 5. The third-order valence-electron chi connectivity index (χ3n) is 4.16. The normalized spacial score (nSPS) is 15.4. The van der Waals surface area contributed by atoms with Crippen LogP contribution in [0.25, 0.3) is 0 Å². The van der Waals surface area contributed by atoms with Crippen LogP contribution in [0.5, 0.6) is 0 Å². The summed E-state index contributed by atoms with van der Waals surface area (Å²) in [6.07, 6.45) is 6.34. The Morgan fingerprint density at radius 1 is 1.17 bits per heavy atom. The SMILES string of the molecule is Cc1cc(S(=O)(=O)Nc2ccc(NC3CCCC3)nc2)ccc1Cl. The van der Waals surface area contributed by atoms with E-state index < -0.39 is 10.0 Å². The number of pyridine rings is 1. The van der Waals surface area contributed by atoms with E-state index >= 15 is 0 Å². The average molecular weight is 366 g/mol. The van der Waals surface area contributed by atoms with Crippen LogP contribution < -0.4 is 10.0 Å². The Balaban J connectivity index is 1.71. The molecule has 1 aliphatic carbocycles. The highest BCUT2D eigenvalue weighted by Gasteiger charge is 2.17. The Morgan fingerprint density at radius 3 is 2.54 bits per heavy atom. The second kappa shape index (κ2) is 6.99. The van der Waals surface area contributed by atoms with Crippen LogP contribution in [0.3, 0.4) is 0 Å². The minimum atomic E-state index is -3.66. The van der Waals surface area contributed by atoms with Gasteiger partial charge in [-0.05, 0) is 55.7 Å². The van der Waals surface area contributed by atoms with Gasteiger partial charge in [0.15, 0.2) is 0 Å². The van der Waals surface area contributed by atoms with E-state index in [-0.39, 0.29) is 4.90 Å². The first-order chi connectivity index (χ1) is 11.4. The molecule has 0 bridgehead atoms. The van der Waals surface area contributed by atoms with Crippen molar-refractivity contribution in [1.29, 1.82) is 0 Å². The van der Waals surface area contributed by atoms with Crippen LogP contribution >= 0.6 is 11.6 Å². The van der Waals surface area contributed by atoms with Crippen LogP contribution in [-0.2, 0) is 10.0 Å². The van der Waals surface area contributed by atoms with Crippen LogP contribution in [0.15, 0.2) is 41.4 Å². The minimum Gasteiger partial charge on any atom is -0.367 e. The van der Waals surface area contributed by atoms with Crippen LogP contribution in [-0.4, -0.2) is 19.4 Å². The summed E-state index contributed by atoms with van der Waals surface area (Å²) < 4.78 is 27.4. The zero-order valence-corrected chi connectivity index (χ0v) is 15.0. The summed E-state index contributed by atoms with van der Waals surface area (Å²) >= 11 is 5.95. The first kappa shape index (κ1) is 17.0. The predicted molar refractivity (Wildman–Crippen MR) is 97.1 cm³/mol.